The highest BCUT2D eigenvalue weighted by atomic mass is 35.5. The van der Waals surface area contributed by atoms with Crippen LogP contribution in [0.1, 0.15) is 16.5 Å². The Morgan fingerprint density at radius 1 is 1.05 bits per heavy atom. The van der Waals surface area contributed by atoms with Crippen LogP contribution in [0.3, 0.4) is 0 Å². The minimum atomic E-state index is -0.209. The first kappa shape index (κ1) is 14.5. The van der Waals surface area contributed by atoms with Crippen molar-refractivity contribution in [1.29, 1.82) is 0 Å². The van der Waals surface area contributed by atoms with Crippen molar-refractivity contribution < 1.29 is 4.74 Å². The first-order valence-electron chi connectivity index (χ1n) is 5.82. The van der Waals surface area contributed by atoms with E-state index < -0.39 is 0 Å². The van der Waals surface area contributed by atoms with Crippen LogP contribution in [-0.2, 0) is 6.42 Å². The van der Waals surface area contributed by atoms with Gasteiger partial charge in [0.25, 0.3) is 0 Å². The normalized spacial score (nSPS) is 12.2. The van der Waals surface area contributed by atoms with Gasteiger partial charge in [0, 0.05) is 10.0 Å². The fourth-order valence-electron chi connectivity index (χ4n) is 1.83. The van der Waals surface area contributed by atoms with E-state index in [4.69, 9.17) is 39.5 Å². The van der Waals surface area contributed by atoms with E-state index in [2.05, 4.69) is 0 Å². The number of alkyl halides is 1. The van der Waals surface area contributed by atoms with Crippen LogP contribution in [0.4, 0.5) is 0 Å². The molecular weight excluding hydrogens is 303 g/mol. The Hall–Kier alpha value is -0.890. The molecule has 2 aromatic carbocycles. The van der Waals surface area contributed by atoms with Gasteiger partial charge in [-0.15, -0.1) is 11.6 Å². The second-order valence-corrected chi connectivity index (χ2v) is 5.56. The van der Waals surface area contributed by atoms with Crippen molar-refractivity contribution in [3.05, 3.63) is 63.6 Å². The molecule has 0 spiro atoms. The lowest BCUT2D eigenvalue weighted by Crippen LogP contribution is -1.97. The molecule has 19 heavy (non-hydrogen) atoms. The van der Waals surface area contributed by atoms with Gasteiger partial charge in [0.2, 0.25) is 0 Å². The van der Waals surface area contributed by atoms with Crippen LogP contribution in [0, 0.1) is 0 Å². The number of methoxy groups -OCH3 is 1. The minimum absolute atomic E-state index is 0.209. The molecule has 0 fully saturated rings. The van der Waals surface area contributed by atoms with E-state index in [9.17, 15) is 0 Å². The van der Waals surface area contributed by atoms with Crippen LogP contribution in [0.2, 0.25) is 10.0 Å². The average Bonchev–Trinajstić information content (AvgIpc) is 2.42. The quantitative estimate of drug-likeness (QED) is 0.675. The van der Waals surface area contributed by atoms with Gasteiger partial charge in [-0.1, -0.05) is 35.3 Å². The molecule has 0 heterocycles. The SMILES string of the molecule is COc1ccc(CC(Cl)c2cc(Cl)ccc2Cl)cc1. The molecule has 0 radical (unpaired) electrons. The maximum atomic E-state index is 6.42. The van der Waals surface area contributed by atoms with Crippen molar-refractivity contribution in [2.45, 2.75) is 11.8 Å². The van der Waals surface area contributed by atoms with Crippen molar-refractivity contribution in [2.24, 2.45) is 0 Å². The molecule has 0 aromatic heterocycles. The Bertz CT molecular complexity index is 552. The van der Waals surface area contributed by atoms with Gasteiger partial charge in [-0.3, -0.25) is 0 Å². The fourth-order valence-corrected chi connectivity index (χ4v) is 2.68. The molecule has 0 N–H and O–H groups in total. The molecule has 100 valence electrons. The lowest BCUT2D eigenvalue weighted by Gasteiger charge is -2.12. The summed E-state index contributed by atoms with van der Waals surface area (Å²) in [5.74, 6) is 0.829. The molecule has 0 saturated carbocycles. The molecule has 4 heteroatoms. The van der Waals surface area contributed by atoms with Crippen LogP contribution < -0.4 is 4.74 Å². The van der Waals surface area contributed by atoms with Crippen molar-refractivity contribution in [1.82, 2.24) is 0 Å². The van der Waals surface area contributed by atoms with Gasteiger partial charge in [0.05, 0.1) is 12.5 Å². The van der Waals surface area contributed by atoms with Crippen LogP contribution in [-0.4, -0.2) is 7.11 Å². The van der Waals surface area contributed by atoms with Crippen LogP contribution in [0.5, 0.6) is 5.75 Å². The predicted molar refractivity (Wildman–Crippen MR) is 81.8 cm³/mol. The van der Waals surface area contributed by atoms with Crippen LogP contribution in [0.15, 0.2) is 42.5 Å². The number of halogens is 3. The first-order chi connectivity index (χ1) is 9.10. The number of benzene rings is 2. The maximum Gasteiger partial charge on any atom is 0.118 e. The van der Waals surface area contributed by atoms with Gasteiger partial charge in [0.15, 0.2) is 0 Å². The topological polar surface area (TPSA) is 9.23 Å². The Morgan fingerprint density at radius 2 is 1.74 bits per heavy atom. The number of ether oxygens (including phenoxy) is 1. The zero-order chi connectivity index (χ0) is 13.8. The molecular formula is C15H13Cl3O. The third-order valence-electron chi connectivity index (χ3n) is 2.87. The largest absolute Gasteiger partial charge is 0.497 e. The summed E-state index contributed by atoms with van der Waals surface area (Å²) >= 11 is 18.5. The second-order valence-electron chi connectivity index (χ2n) is 4.19. The summed E-state index contributed by atoms with van der Waals surface area (Å²) in [7, 11) is 1.64. The van der Waals surface area contributed by atoms with Crippen LogP contribution >= 0.6 is 34.8 Å². The number of hydrogen-bond acceptors (Lipinski definition) is 1. The second kappa shape index (κ2) is 6.51. The summed E-state index contributed by atoms with van der Waals surface area (Å²) in [4.78, 5) is 0. The smallest absolute Gasteiger partial charge is 0.118 e. The zero-order valence-electron chi connectivity index (χ0n) is 10.4. The van der Waals surface area contributed by atoms with Crippen molar-refractivity contribution >= 4 is 34.8 Å². The highest BCUT2D eigenvalue weighted by Gasteiger charge is 2.13. The van der Waals surface area contributed by atoms with Gasteiger partial charge >= 0.3 is 0 Å². The molecule has 0 aliphatic heterocycles. The van der Waals surface area contributed by atoms with Crippen molar-refractivity contribution in [2.75, 3.05) is 7.11 Å². The first-order valence-corrected chi connectivity index (χ1v) is 7.01. The maximum absolute atomic E-state index is 6.42. The lowest BCUT2D eigenvalue weighted by atomic mass is 10.0. The van der Waals surface area contributed by atoms with E-state index in [-0.39, 0.29) is 5.38 Å². The van der Waals surface area contributed by atoms with Gasteiger partial charge in [-0.25, -0.2) is 0 Å². The molecule has 1 unspecified atom stereocenters. The highest BCUT2D eigenvalue weighted by Crippen LogP contribution is 2.33. The Labute approximate surface area is 128 Å². The summed E-state index contributed by atoms with van der Waals surface area (Å²) in [6, 6.07) is 13.1. The monoisotopic (exact) mass is 314 g/mol. The molecule has 1 nitrogen and oxygen atoms in total. The number of hydrogen-bond donors (Lipinski definition) is 0. The lowest BCUT2D eigenvalue weighted by molar-refractivity contribution is 0.414. The zero-order valence-corrected chi connectivity index (χ0v) is 12.6. The van der Waals surface area contributed by atoms with E-state index in [1.807, 2.05) is 30.3 Å². The molecule has 0 saturated heterocycles. The molecule has 0 bridgehead atoms. The highest BCUT2D eigenvalue weighted by molar-refractivity contribution is 6.34. The Balaban J connectivity index is 2.15. The standard InChI is InChI=1S/C15H13Cl3O/c1-19-12-5-2-10(3-6-12)8-15(18)13-9-11(16)4-7-14(13)17/h2-7,9,15H,8H2,1H3. The van der Waals surface area contributed by atoms with E-state index in [1.165, 1.54) is 0 Å². The Morgan fingerprint density at radius 3 is 2.37 bits per heavy atom. The van der Waals surface area contributed by atoms with Gasteiger partial charge in [-0.2, -0.15) is 0 Å². The summed E-state index contributed by atoms with van der Waals surface area (Å²) in [5.41, 5.74) is 1.98. The third-order valence-corrected chi connectivity index (χ3v) is 3.84. The Kier molecular flexibility index (Phi) is 4.98. The molecule has 2 aromatic rings. The van der Waals surface area contributed by atoms with Gasteiger partial charge < -0.3 is 4.74 Å². The van der Waals surface area contributed by atoms with Crippen molar-refractivity contribution in [3.8, 4) is 5.75 Å². The molecule has 1 atom stereocenters. The van der Waals surface area contributed by atoms with Crippen LogP contribution in [0.25, 0.3) is 0 Å². The van der Waals surface area contributed by atoms with Gasteiger partial charge in [-0.05, 0) is 47.9 Å². The van der Waals surface area contributed by atoms with Crippen molar-refractivity contribution in [3.63, 3.8) is 0 Å². The van der Waals surface area contributed by atoms with E-state index in [0.717, 1.165) is 16.9 Å². The number of rotatable bonds is 4. The summed E-state index contributed by atoms with van der Waals surface area (Å²) in [6.45, 7) is 0. The predicted octanol–water partition coefficient (Wildman–Crippen LogP) is 5.52. The third kappa shape index (κ3) is 3.79. The average molecular weight is 316 g/mol. The molecule has 0 aliphatic rings. The fraction of sp³-hybridized carbons (Fsp3) is 0.200. The van der Waals surface area contributed by atoms with Gasteiger partial charge in [0.1, 0.15) is 5.75 Å². The summed E-state index contributed by atoms with van der Waals surface area (Å²) in [5, 5.41) is 1.07. The summed E-state index contributed by atoms with van der Waals surface area (Å²) in [6.07, 6.45) is 0.686. The van der Waals surface area contributed by atoms with E-state index in [1.54, 1.807) is 19.2 Å². The van der Waals surface area contributed by atoms with E-state index >= 15 is 0 Å². The minimum Gasteiger partial charge on any atom is -0.497 e. The molecule has 2 rings (SSSR count). The molecule has 0 aliphatic carbocycles. The van der Waals surface area contributed by atoms with E-state index in [0.29, 0.717) is 16.5 Å². The summed E-state index contributed by atoms with van der Waals surface area (Å²) < 4.78 is 5.12. The molecule has 0 amide bonds.